The van der Waals surface area contributed by atoms with Gasteiger partial charge in [0.15, 0.2) is 0 Å². The number of rotatable bonds is 1. The third-order valence-corrected chi connectivity index (χ3v) is 2.97. The van der Waals surface area contributed by atoms with Crippen molar-refractivity contribution in [1.82, 2.24) is 4.31 Å². The van der Waals surface area contributed by atoms with Gasteiger partial charge >= 0.3 is 6.03 Å². The summed E-state index contributed by atoms with van der Waals surface area (Å²) >= 11 is 7.25. The van der Waals surface area contributed by atoms with Crippen LogP contribution in [0.1, 0.15) is 0 Å². The number of nitrogens with one attached hydrogen (secondary N) is 1. The van der Waals surface area contributed by atoms with Crippen LogP contribution < -0.4 is 5.32 Å². The van der Waals surface area contributed by atoms with Gasteiger partial charge < -0.3 is 5.32 Å². The monoisotopic (exact) mass is 240 g/mol. The molecule has 0 saturated heterocycles. The third-order valence-electron chi connectivity index (χ3n) is 1.83. The Labute approximate surface area is 97.2 Å². The van der Waals surface area contributed by atoms with E-state index >= 15 is 0 Å². The van der Waals surface area contributed by atoms with E-state index in [1.54, 1.807) is 34.8 Å². The van der Waals surface area contributed by atoms with Gasteiger partial charge in [0, 0.05) is 22.7 Å². The number of amides is 2. The second-order valence-corrected chi connectivity index (χ2v) is 4.37. The molecule has 0 bridgehead atoms. The van der Waals surface area contributed by atoms with Crippen molar-refractivity contribution < 1.29 is 4.79 Å². The molecule has 0 saturated carbocycles. The molecule has 1 aromatic rings. The first-order chi connectivity index (χ1) is 7.25. The van der Waals surface area contributed by atoms with E-state index in [1.165, 1.54) is 11.9 Å². The lowest BCUT2D eigenvalue weighted by Gasteiger charge is -2.13. The molecule has 2 amide bonds. The molecule has 0 radical (unpaired) electrons. The Morgan fingerprint density at radius 1 is 1.53 bits per heavy atom. The lowest BCUT2D eigenvalue weighted by molar-refractivity contribution is 0.245. The molecule has 1 aromatic carbocycles. The number of benzene rings is 1. The number of urea groups is 1. The number of hydrogen-bond donors (Lipinski definition) is 1. The van der Waals surface area contributed by atoms with Crippen molar-refractivity contribution >= 4 is 35.3 Å². The third kappa shape index (κ3) is 2.67. The fourth-order valence-electron chi connectivity index (χ4n) is 1.18. The van der Waals surface area contributed by atoms with Crippen molar-refractivity contribution in [3.8, 4) is 0 Å². The van der Waals surface area contributed by atoms with E-state index in [1.807, 2.05) is 6.08 Å². The number of carbonyl (C=O) groups excluding carboxylic acids is 1. The van der Waals surface area contributed by atoms with Crippen LogP contribution in [0, 0.1) is 0 Å². The molecule has 15 heavy (non-hydrogen) atoms. The Hall–Kier alpha value is -1.13. The highest BCUT2D eigenvalue weighted by atomic mass is 35.5. The van der Waals surface area contributed by atoms with E-state index < -0.39 is 0 Å². The van der Waals surface area contributed by atoms with Gasteiger partial charge in [0.1, 0.15) is 0 Å². The quantitative estimate of drug-likeness (QED) is 0.764. The summed E-state index contributed by atoms with van der Waals surface area (Å²) < 4.78 is 1.56. The molecule has 1 heterocycles. The highest BCUT2D eigenvalue weighted by Gasteiger charge is 2.14. The van der Waals surface area contributed by atoms with Crippen molar-refractivity contribution in [2.24, 2.45) is 0 Å². The van der Waals surface area contributed by atoms with Crippen molar-refractivity contribution in [3.63, 3.8) is 0 Å². The number of halogens is 1. The molecule has 1 aliphatic rings. The number of hydrogen-bond acceptors (Lipinski definition) is 2. The lowest BCUT2D eigenvalue weighted by Crippen LogP contribution is -2.23. The second kappa shape index (κ2) is 4.59. The Morgan fingerprint density at radius 2 is 2.40 bits per heavy atom. The first-order valence-corrected chi connectivity index (χ1v) is 5.73. The van der Waals surface area contributed by atoms with Crippen molar-refractivity contribution in [2.45, 2.75) is 0 Å². The first-order valence-electron chi connectivity index (χ1n) is 4.41. The van der Waals surface area contributed by atoms with Crippen LogP contribution >= 0.6 is 23.5 Å². The average molecular weight is 241 g/mol. The van der Waals surface area contributed by atoms with E-state index in [0.717, 1.165) is 5.75 Å². The maximum absolute atomic E-state index is 11.6. The Kier molecular flexibility index (Phi) is 3.18. The van der Waals surface area contributed by atoms with Crippen LogP contribution in [-0.4, -0.2) is 16.1 Å². The van der Waals surface area contributed by atoms with E-state index in [4.69, 9.17) is 11.6 Å². The van der Waals surface area contributed by atoms with Gasteiger partial charge in [0.2, 0.25) is 0 Å². The van der Waals surface area contributed by atoms with Gasteiger partial charge in [-0.2, -0.15) is 0 Å². The van der Waals surface area contributed by atoms with E-state index in [-0.39, 0.29) is 6.03 Å². The summed E-state index contributed by atoms with van der Waals surface area (Å²) in [7, 11) is 0. The van der Waals surface area contributed by atoms with Crippen LogP contribution in [0.4, 0.5) is 10.5 Å². The highest BCUT2D eigenvalue weighted by Crippen LogP contribution is 2.20. The van der Waals surface area contributed by atoms with Crippen LogP contribution in [0.5, 0.6) is 0 Å². The van der Waals surface area contributed by atoms with E-state index in [9.17, 15) is 4.79 Å². The molecule has 1 N–H and O–H groups in total. The maximum Gasteiger partial charge on any atom is 0.336 e. The molecule has 0 fully saturated rings. The predicted octanol–water partition coefficient (Wildman–Crippen LogP) is 3.35. The van der Waals surface area contributed by atoms with Gasteiger partial charge in [0.05, 0.1) is 0 Å². The lowest BCUT2D eigenvalue weighted by atomic mass is 10.3. The zero-order valence-corrected chi connectivity index (χ0v) is 9.39. The standard InChI is InChI=1S/C10H9ClN2OS/c11-8-3-1-4-9(7-8)12-10(14)13-5-2-6-15-13/h1-5,7H,6H2,(H,12,14). The van der Waals surface area contributed by atoms with E-state index in [0.29, 0.717) is 10.7 Å². The molecule has 0 unspecified atom stereocenters. The fraction of sp³-hybridized carbons (Fsp3) is 0.100. The van der Waals surface area contributed by atoms with Crippen LogP contribution in [-0.2, 0) is 0 Å². The summed E-state index contributed by atoms with van der Waals surface area (Å²) in [4.78, 5) is 11.6. The smallest absolute Gasteiger partial charge is 0.307 e. The van der Waals surface area contributed by atoms with Gasteiger partial charge in [-0.15, -0.1) is 0 Å². The Bertz CT molecular complexity index is 408. The minimum absolute atomic E-state index is 0.156. The number of anilines is 1. The molecular formula is C10H9ClN2OS. The van der Waals surface area contributed by atoms with Crippen LogP contribution in [0.3, 0.4) is 0 Å². The SMILES string of the molecule is O=C(Nc1cccc(Cl)c1)N1C=CCS1. The van der Waals surface area contributed by atoms with Crippen molar-refractivity contribution in [2.75, 3.05) is 11.1 Å². The summed E-state index contributed by atoms with van der Waals surface area (Å²) in [6, 6.07) is 6.92. The molecule has 2 rings (SSSR count). The predicted molar refractivity (Wildman–Crippen MR) is 63.9 cm³/mol. The Morgan fingerprint density at radius 3 is 3.07 bits per heavy atom. The van der Waals surface area contributed by atoms with Crippen LogP contribution in [0.2, 0.25) is 5.02 Å². The van der Waals surface area contributed by atoms with Gasteiger partial charge in [0.25, 0.3) is 0 Å². The molecule has 0 spiro atoms. The summed E-state index contributed by atoms with van der Waals surface area (Å²) in [6.07, 6.45) is 3.69. The topological polar surface area (TPSA) is 32.3 Å². The molecule has 0 aliphatic carbocycles. The molecular weight excluding hydrogens is 232 g/mol. The minimum Gasteiger partial charge on any atom is -0.307 e. The largest absolute Gasteiger partial charge is 0.336 e. The second-order valence-electron chi connectivity index (χ2n) is 2.95. The average Bonchev–Trinajstić information content (AvgIpc) is 2.70. The summed E-state index contributed by atoms with van der Waals surface area (Å²) in [5.74, 6) is 0.836. The zero-order valence-electron chi connectivity index (χ0n) is 7.81. The summed E-state index contributed by atoms with van der Waals surface area (Å²) in [5.41, 5.74) is 0.702. The molecule has 3 nitrogen and oxygen atoms in total. The molecule has 5 heteroatoms. The number of carbonyl (C=O) groups is 1. The molecule has 78 valence electrons. The van der Waals surface area contributed by atoms with Gasteiger partial charge in [-0.1, -0.05) is 23.7 Å². The normalized spacial score (nSPS) is 14.3. The highest BCUT2D eigenvalue weighted by molar-refractivity contribution is 7.98. The molecule has 0 atom stereocenters. The minimum atomic E-state index is -0.156. The van der Waals surface area contributed by atoms with Crippen LogP contribution in [0.15, 0.2) is 36.5 Å². The van der Waals surface area contributed by atoms with Gasteiger partial charge in [-0.25, -0.2) is 9.10 Å². The molecule has 1 aliphatic heterocycles. The first kappa shape index (κ1) is 10.4. The van der Waals surface area contributed by atoms with E-state index in [2.05, 4.69) is 5.32 Å². The number of nitrogens with zero attached hydrogens (tertiary/aromatic N) is 1. The summed E-state index contributed by atoms with van der Waals surface area (Å²) in [6.45, 7) is 0. The van der Waals surface area contributed by atoms with Crippen molar-refractivity contribution in [3.05, 3.63) is 41.6 Å². The van der Waals surface area contributed by atoms with Gasteiger partial charge in [-0.3, -0.25) is 0 Å². The van der Waals surface area contributed by atoms with Crippen LogP contribution in [0.25, 0.3) is 0 Å². The molecule has 0 aromatic heterocycles. The van der Waals surface area contributed by atoms with Crippen molar-refractivity contribution in [1.29, 1.82) is 0 Å². The fourth-order valence-corrected chi connectivity index (χ4v) is 2.03. The van der Waals surface area contributed by atoms with Gasteiger partial charge in [-0.05, 0) is 30.1 Å². The zero-order chi connectivity index (χ0) is 10.7. The summed E-state index contributed by atoms with van der Waals surface area (Å²) in [5, 5.41) is 3.36. The maximum atomic E-state index is 11.6. The Balaban J connectivity index is 2.02.